The molecule has 0 saturated heterocycles. The van der Waals surface area contributed by atoms with Gasteiger partial charge in [-0.1, -0.05) is 0 Å². The first-order chi connectivity index (χ1) is 16.7. The number of carbonyl (C=O) groups excluding carboxylic acids is 1. The van der Waals surface area contributed by atoms with Gasteiger partial charge >= 0.3 is 0 Å². The second kappa shape index (κ2) is 9.53. The molecule has 35 heavy (non-hydrogen) atoms. The van der Waals surface area contributed by atoms with E-state index in [9.17, 15) is 9.18 Å². The summed E-state index contributed by atoms with van der Waals surface area (Å²) < 4.78 is 36.3. The monoisotopic (exact) mass is 483 g/mol. The number of rotatable bonds is 7. The highest BCUT2D eigenvalue weighted by Crippen LogP contribution is 2.40. The van der Waals surface area contributed by atoms with Crippen molar-refractivity contribution in [1.29, 1.82) is 0 Å². The van der Waals surface area contributed by atoms with E-state index < -0.39 is 11.2 Å². The maximum Gasteiger partial charge on any atom is 0.233 e. The number of ether oxygens (including phenoxy) is 4. The molecular formula is C24H26FN5O5. The fraction of sp³-hybridized carbons (Fsp3) is 0.292. The summed E-state index contributed by atoms with van der Waals surface area (Å²) in [6.07, 6.45) is 1.05. The zero-order valence-corrected chi connectivity index (χ0v) is 20.0. The van der Waals surface area contributed by atoms with E-state index in [4.69, 9.17) is 18.9 Å². The Morgan fingerprint density at radius 3 is 2.40 bits per heavy atom. The third kappa shape index (κ3) is 4.98. The second-order valence-corrected chi connectivity index (χ2v) is 8.39. The van der Waals surface area contributed by atoms with Gasteiger partial charge in [-0.15, -0.1) is 0 Å². The van der Waals surface area contributed by atoms with Crippen LogP contribution < -0.4 is 34.9 Å². The molecule has 0 aliphatic carbocycles. The van der Waals surface area contributed by atoms with Crippen LogP contribution in [0.1, 0.15) is 13.8 Å². The Bertz CT molecular complexity index is 1240. The number of aromatic nitrogens is 2. The van der Waals surface area contributed by atoms with Gasteiger partial charge in [0.25, 0.3) is 0 Å². The van der Waals surface area contributed by atoms with Crippen molar-refractivity contribution in [3.8, 4) is 23.0 Å². The number of hydrogen-bond acceptors (Lipinski definition) is 9. The molecule has 1 aliphatic rings. The first-order valence-corrected chi connectivity index (χ1v) is 10.7. The van der Waals surface area contributed by atoms with Crippen LogP contribution in [0.5, 0.6) is 23.0 Å². The number of halogens is 1. The Balaban J connectivity index is 1.58. The summed E-state index contributed by atoms with van der Waals surface area (Å²) in [6.45, 7) is 3.84. The maximum absolute atomic E-state index is 14.5. The fourth-order valence-electron chi connectivity index (χ4n) is 3.38. The number of carbonyl (C=O) groups is 1. The first-order valence-electron chi connectivity index (χ1n) is 10.7. The van der Waals surface area contributed by atoms with Crippen LogP contribution in [0.3, 0.4) is 0 Å². The van der Waals surface area contributed by atoms with E-state index in [1.807, 2.05) is 0 Å². The van der Waals surface area contributed by atoms with Crippen LogP contribution in [0.2, 0.25) is 0 Å². The summed E-state index contributed by atoms with van der Waals surface area (Å²) in [6, 6.07) is 8.42. The van der Waals surface area contributed by atoms with E-state index in [2.05, 4.69) is 25.9 Å². The van der Waals surface area contributed by atoms with E-state index in [0.717, 1.165) is 6.20 Å². The summed E-state index contributed by atoms with van der Waals surface area (Å²) in [5, 5.41) is 8.79. The van der Waals surface area contributed by atoms with Crippen molar-refractivity contribution in [2.45, 2.75) is 13.8 Å². The van der Waals surface area contributed by atoms with Gasteiger partial charge in [0.05, 0.1) is 38.6 Å². The Labute approximate surface area is 201 Å². The Hall–Kier alpha value is -4.28. The zero-order chi connectivity index (χ0) is 25.2. The largest absolute Gasteiger partial charge is 0.493 e. The van der Waals surface area contributed by atoms with E-state index in [1.54, 1.807) is 44.2 Å². The van der Waals surface area contributed by atoms with Crippen molar-refractivity contribution in [3.63, 3.8) is 0 Å². The van der Waals surface area contributed by atoms with Gasteiger partial charge in [-0.05, 0) is 32.0 Å². The van der Waals surface area contributed by atoms with Crippen molar-refractivity contribution in [1.82, 2.24) is 9.97 Å². The van der Waals surface area contributed by atoms with Crippen LogP contribution in [0.25, 0.3) is 0 Å². The van der Waals surface area contributed by atoms with Crippen LogP contribution in [0, 0.1) is 11.2 Å². The number of fused-ring (bicyclic) bond motifs is 1. The molecule has 3 aromatic rings. The number of anilines is 5. The molecule has 184 valence electrons. The molecule has 1 aliphatic heterocycles. The Morgan fingerprint density at radius 1 is 1.03 bits per heavy atom. The highest BCUT2D eigenvalue weighted by molar-refractivity contribution is 5.97. The summed E-state index contributed by atoms with van der Waals surface area (Å²) in [4.78, 5) is 20.7. The lowest BCUT2D eigenvalue weighted by atomic mass is 9.94. The molecule has 3 N–H and O–H groups in total. The van der Waals surface area contributed by atoms with E-state index in [0.29, 0.717) is 40.1 Å². The number of methoxy groups -OCH3 is 3. The van der Waals surface area contributed by atoms with Crippen molar-refractivity contribution in [3.05, 3.63) is 42.3 Å². The summed E-state index contributed by atoms with van der Waals surface area (Å²) in [5.41, 5.74) is 0.850. The van der Waals surface area contributed by atoms with E-state index >= 15 is 0 Å². The van der Waals surface area contributed by atoms with Gasteiger partial charge < -0.3 is 34.9 Å². The molecule has 2 heterocycles. The van der Waals surface area contributed by atoms with E-state index in [-0.39, 0.29) is 24.3 Å². The first kappa shape index (κ1) is 23.9. The minimum Gasteiger partial charge on any atom is -0.493 e. The van der Waals surface area contributed by atoms with Crippen LogP contribution in [-0.2, 0) is 4.79 Å². The quantitative estimate of drug-likeness (QED) is 0.447. The molecule has 0 atom stereocenters. The fourth-order valence-corrected chi connectivity index (χ4v) is 3.38. The normalized spacial score (nSPS) is 14.1. The van der Waals surface area contributed by atoms with Crippen LogP contribution in [-0.4, -0.2) is 43.8 Å². The van der Waals surface area contributed by atoms with Gasteiger partial charge in [0, 0.05) is 23.5 Å². The van der Waals surface area contributed by atoms with Gasteiger partial charge in [0.2, 0.25) is 17.6 Å². The zero-order valence-electron chi connectivity index (χ0n) is 20.0. The van der Waals surface area contributed by atoms with Gasteiger partial charge in [-0.2, -0.15) is 4.98 Å². The van der Waals surface area contributed by atoms with Crippen molar-refractivity contribution >= 4 is 34.7 Å². The van der Waals surface area contributed by atoms with Crippen molar-refractivity contribution < 1.29 is 28.1 Å². The maximum atomic E-state index is 14.5. The SMILES string of the molecule is COc1cc(Nc2ncc(F)c(Nc3ccc4c(c3)NC(=O)C(C)(C)CO4)n2)cc(OC)c1OC. The predicted molar refractivity (Wildman–Crippen MR) is 129 cm³/mol. The number of amides is 1. The number of benzene rings is 2. The predicted octanol–water partition coefficient (Wildman–Crippen LogP) is 4.49. The smallest absolute Gasteiger partial charge is 0.233 e. The highest BCUT2D eigenvalue weighted by Gasteiger charge is 2.32. The number of nitrogens with one attached hydrogen (secondary N) is 3. The molecule has 0 saturated carbocycles. The molecule has 1 amide bonds. The minimum absolute atomic E-state index is 0.0592. The molecule has 4 rings (SSSR count). The van der Waals surface area contributed by atoms with Crippen molar-refractivity contribution in [2.75, 3.05) is 43.9 Å². The summed E-state index contributed by atoms with van der Waals surface area (Å²) >= 11 is 0. The lowest BCUT2D eigenvalue weighted by Gasteiger charge is -2.18. The standard InChI is InChI=1S/C24H26FN5O5/c1-24(2)12-35-17-7-6-13(8-16(17)29-22(24)31)27-21-15(25)11-26-23(30-21)28-14-9-18(32-3)20(34-5)19(10-14)33-4/h6-11H,12H2,1-5H3,(H,29,31)(H2,26,27,28,30). The number of hydrogen-bond donors (Lipinski definition) is 3. The molecule has 0 spiro atoms. The third-order valence-electron chi connectivity index (χ3n) is 5.36. The molecule has 2 aromatic carbocycles. The Kier molecular flexibility index (Phi) is 6.50. The topological polar surface area (TPSA) is 116 Å². The van der Waals surface area contributed by atoms with Gasteiger partial charge in [-0.3, -0.25) is 4.79 Å². The lowest BCUT2D eigenvalue weighted by Crippen LogP contribution is -2.33. The molecule has 0 radical (unpaired) electrons. The molecule has 0 bridgehead atoms. The summed E-state index contributed by atoms with van der Waals surface area (Å²) in [5.74, 6) is 1.09. The van der Waals surface area contributed by atoms with Gasteiger partial charge in [0.15, 0.2) is 23.1 Å². The highest BCUT2D eigenvalue weighted by atomic mass is 19.1. The third-order valence-corrected chi connectivity index (χ3v) is 5.36. The van der Waals surface area contributed by atoms with Crippen LogP contribution >= 0.6 is 0 Å². The Morgan fingerprint density at radius 2 is 1.74 bits per heavy atom. The summed E-state index contributed by atoms with van der Waals surface area (Å²) in [7, 11) is 4.52. The molecular weight excluding hydrogens is 457 g/mol. The van der Waals surface area contributed by atoms with E-state index in [1.165, 1.54) is 21.3 Å². The minimum atomic E-state index is -0.682. The number of nitrogens with zero attached hydrogens (tertiary/aromatic N) is 2. The molecule has 1 aromatic heterocycles. The second-order valence-electron chi connectivity index (χ2n) is 8.39. The van der Waals surface area contributed by atoms with Crippen molar-refractivity contribution in [2.24, 2.45) is 5.41 Å². The van der Waals surface area contributed by atoms with Crippen LogP contribution in [0.4, 0.5) is 33.2 Å². The molecule has 0 unspecified atom stereocenters. The van der Waals surface area contributed by atoms with Gasteiger partial charge in [-0.25, -0.2) is 9.37 Å². The molecule has 10 nitrogen and oxygen atoms in total. The lowest BCUT2D eigenvalue weighted by molar-refractivity contribution is -0.124. The van der Waals surface area contributed by atoms with Crippen LogP contribution in [0.15, 0.2) is 36.5 Å². The average molecular weight is 484 g/mol. The van der Waals surface area contributed by atoms with Gasteiger partial charge in [0.1, 0.15) is 12.4 Å². The molecule has 0 fully saturated rings. The molecule has 11 heteroatoms. The average Bonchev–Trinajstić information content (AvgIpc) is 2.95.